The van der Waals surface area contributed by atoms with Crippen LogP contribution >= 0.6 is 27.5 Å². The van der Waals surface area contributed by atoms with E-state index in [9.17, 15) is 4.39 Å². The van der Waals surface area contributed by atoms with E-state index >= 15 is 0 Å². The molecule has 1 aromatic carbocycles. The molecule has 1 atom stereocenters. The second-order valence-electron chi connectivity index (χ2n) is 3.23. The molecule has 2 aromatic rings. The lowest BCUT2D eigenvalue weighted by molar-refractivity contribution is 0.422. The lowest BCUT2D eigenvalue weighted by Gasteiger charge is -1.96. The quantitative estimate of drug-likeness (QED) is 0.789. The van der Waals surface area contributed by atoms with Crippen molar-refractivity contribution >= 4 is 27.5 Å². The van der Waals surface area contributed by atoms with Crippen LogP contribution in [0.25, 0.3) is 11.5 Å². The standard InChI is InChI=1S/C10H7BrClFN2O/c1-5(12)9-14-10(16-15-9)6-2-7(11)4-8(13)3-6/h2-5H,1H3. The summed E-state index contributed by atoms with van der Waals surface area (Å²) >= 11 is 8.99. The Balaban J connectivity index is 2.42. The Bertz CT molecular complexity index is 495. The van der Waals surface area contributed by atoms with Gasteiger partial charge in [-0.2, -0.15) is 4.98 Å². The van der Waals surface area contributed by atoms with E-state index in [4.69, 9.17) is 16.1 Å². The molecule has 0 fully saturated rings. The van der Waals surface area contributed by atoms with Gasteiger partial charge in [-0.15, -0.1) is 11.6 Å². The van der Waals surface area contributed by atoms with Crippen molar-refractivity contribution in [3.05, 3.63) is 34.3 Å². The zero-order valence-corrected chi connectivity index (χ0v) is 10.6. The Hall–Kier alpha value is -0.940. The Kier molecular flexibility index (Phi) is 3.25. The second kappa shape index (κ2) is 4.51. The summed E-state index contributed by atoms with van der Waals surface area (Å²) in [5.41, 5.74) is 0.517. The van der Waals surface area contributed by atoms with Gasteiger partial charge in [0.05, 0.1) is 5.38 Å². The first-order valence-corrected chi connectivity index (χ1v) is 5.73. The van der Waals surface area contributed by atoms with Crippen LogP contribution in [0.1, 0.15) is 18.1 Å². The largest absolute Gasteiger partial charge is 0.334 e. The zero-order valence-electron chi connectivity index (χ0n) is 8.25. The van der Waals surface area contributed by atoms with E-state index < -0.39 is 0 Å². The van der Waals surface area contributed by atoms with E-state index in [1.807, 2.05) is 0 Å². The molecule has 0 aliphatic heterocycles. The number of hydrogen-bond donors (Lipinski definition) is 0. The highest BCUT2D eigenvalue weighted by atomic mass is 79.9. The summed E-state index contributed by atoms with van der Waals surface area (Å²) in [6.45, 7) is 1.73. The molecule has 2 rings (SSSR count). The van der Waals surface area contributed by atoms with Gasteiger partial charge in [-0.05, 0) is 25.1 Å². The third-order valence-electron chi connectivity index (χ3n) is 1.91. The van der Waals surface area contributed by atoms with E-state index in [1.165, 1.54) is 12.1 Å². The summed E-state index contributed by atoms with van der Waals surface area (Å²) < 4.78 is 18.7. The lowest BCUT2D eigenvalue weighted by atomic mass is 10.2. The number of rotatable bonds is 2. The van der Waals surface area contributed by atoms with Crippen molar-refractivity contribution in [2.24, 2.45) is 0 Å². The van der Waals surface area contributed by atoms with Crippen LogP contribution in [0.2, 0.25) is 0 Å². The Morgan fingerprint density at radius 3 is 2.75 bits per heavy atom. The first-order valence-electron chi connectivity index (χ1n) is 4.50. The van der Waals surface area contributed by atoms with Gasteiger partial charge in [0.15, 0.2) is 5.82 Å². The van der Waals surface area contributed by atoms with Crippen LogP contribution in [0.4, 0.5) is 4.39 Å². The smallest absolute Gasteiger partial charge is 0.258 e. The molecule has 84 valence electrons. The van der Waals surface area contributed by atoms with Gasteiger partial charge >= 0.3 is 0 Å². The van der Waals surface area contributed by atoms with Gasteiger partial charge in [-0.25, -0.2) is 4.39 Å². The summed E-state index contributed by atoms with van der Waals surface area (Å²) in [5.74, 6) is 0.266. The number of benzene rings is 1. The molecule has 0 aliphatic carbocycles. The average molecular weight is 306 g/mol. The molecule has 0 N–H and O–H groups in total. The number of nitrogens with zero attached hydrogens (tertiary/aromatic N) is 2. The fourth-order valence-electron chi connectivity index (χ4n) is 1.19. The molecule has 0 aliphatic rings. The Morgan fingerprint density at radius 1 is 1.44 bits per heavy atom. The molecular formula is C10H7BrClFN2O. The number of alkyl halides is 1. The van der Waals surface area contributed by atoms with Crippen LogP contribution < -0.4 is 0 Å². The van der Waals surface area contributed by atoms with Gasteiger partial charge in [0.25, 0.3) is 5.89 Å². The predicted molar refractivity (Wildman–Crippen MR) is 61.7 cm³/mol. The van der Waals surface area contributed by atoms with Gasteiger partial charge in [0, 0.05) is 10.0 Å². The summed E-state index contributed by atoms with van der Waals surface area (Å²) in [7, 11) is 0. The van der Waals surface area contributed by atoms with E-state index in [0.717, 1.165) is 0 Å². The summed E-state index contributed by atoms with van der Waals surface area (Å²) in [5, 5.41) is 3.36. The Morgan fingerprint density at radius 2 is 2.19 bits per heavy atom. The molecule has 1 unspecified atom stereocenters. The molecule has 0 amide bonds. The number of hydrogen-bond acceptors (Lipinski definition) is 3. The average Bonchev–Trinajstić information content (AvgIpc) is 2.64. The van der Waals surface area contributed by atoms with Crippen molar-refractivity contribution < 1.29 is 8.91 Å². The third kappa shape index (κ3) is 2.41. The summed E-state index contributed by atoms with van der Waals surface area (Å²) in [4.78, 5) is 4.06. The van der Waals surface area contributed by atoms with Gasteiger partial charge in [0.1, 0.15) is 5.82 Å². The molecule has 0 bridgehead atoms. The molecule has 0 radical (unpaired) electrons. The molecule has 3 nitrogen and oxygen atoms in total. The highest BCUT2D eigenvalue weighted by Crippen LogP contribution is 2.25. The molecule has 0 spiro atoms. The van der Waals surface area contributed by atoms with Gasteiger partial charge in [-0.3, -0.25) is 0 Å². The maximum Gasteiger partial charge on any atom is 0.258 e. The topological polar surface area (TPSA) is 38.9 Å². The fourth-order valence-corrected chi connectivity index (χ4v) is 1.74. The van der Waals surface area contributed by atoms with Crippen LogP contribution in [0.3, 0.4) is 0 Å². The first-order chi connectivity index (χ1) is 7.56. The second-order valence-corrected chi connectivity index (χ2v) is 4.80. The predicted octanol–water partition coefficient (Wildman–Crippen LogP) is 3.94. The van der Waals surface area contributed by atoms with Gasteiger partial charge in [0.2, 0.25) is 0 Å². The van der Waals surface area contributed by atoms with E-state index in [1.54, 1.807) is 13.0 Å². The maximum absolute atomic E-state index is 13.1. The van der Waals surface area contributed by atoms with Crippen LogP contribution in [-0.4, -0.2) is 10.1 Å². The van der Waals surface area contributed by atoms with E-state index in [-0.39, 0.29) is 17.1 Å². The molecule has 1 heterocycles. The fraction of sp³-hybridized carbons (Fsp3) is 0.200. The first kappa shape index (κ1) is 11.5. The van der Waals surface area contributed by atoms with Crippen molar-refractivity contribution in [2.75, 3.05) is 0 Å². The molecule has 0 saturated heterocycles. The van der Waals surface area contributed by atoms with Crippen molar-refractivity contribution in [3.8, 4) is 11.5 Å². The number of aromatic nitrogens is 2. The molecule has 1 aromatic heterocycles. The summed E-state index contributed by atoms with van der Waals surface area (Å²) in [6, 6.07) is 4.37. The van der Waals surface area contributed by atoms with Crippen LogP contribution in [-0.2, 0) is 0 Å². The normalized spacial score (nSPS) is 12.8. The van der Waals surface area contributed by atoms with Gasteiger partial charge < -0.3 is 4.52 Å². The summed E-state index contributed by atoms with van der Waals surface area (Å²) in [6.07, 6.45) is 0. The van der Waals surface area contributed by atoms with E-state index in [0.29, 0.717) is 15.9 Å². The minimum atomic E-state index is -0.372. The maximum atomic E-state index is 13.1. The Labute approximate surface area is 105 Å². The van der Waals surface area contributed by atoms with Crippen LogP contribution in [0.15, 0.2) is 27.2 Å². The number of halogens is 3. The molecule has 0 saturated carbocycles. The monoisotopic (exact) mass is 304 g/mol. The van der Waals surface area contributed by atoms with E-state index in [2.05, 4.69) is 26.1 Å². The third-order valence-corrected chi connectivity index (χ3v) is 2.56. The highest BCUT2D eigenvalue weighted by molar-refractivity contribution is 9.10. The minimum Gasteiger partial charge on any atom is -0.334 e. The highest BCUT2D eigenvalue weighted by Gasteiger charge is 2.13. The van der Waals surface area contributed by atoms with Crippen LogP contribution in [0, 0.1) is 5.82 Å². The molecular weight excluding hydrogens is 298 g/mol. The lowest BCUT2D eigenvalue weighted by Crippen LogP contribution is -1.87. The molecule has 6 heteroatoms. The minimum absolute atomic E-state index is 0.253. The van der Waals surface area contributed by atoms with Gasteiger partial charge in [-0.1, -0.05) is 21.1 Å². The van der Waals surface area contributed by atoms with Crippen molar-refractivity contribution in [1.82, 2.24) is 10.1 Å². The zero-order chi connectivity index (χ0) is 11.7. The SMILES string of the molecule is CC(Cl)c1noc(-c2cc(F)cc(Br)c2)n1. The van der Waals surface area contributed by atoms with Crippen LogP contribution in [0.5, 0.6) is 0 Å². The van der Waals surface area contributed by atoms with Crippen molar-refractivity contribution in [1.29, 1.82) is 0 Å². The van der Waals surface area contributed by atoms with Crippen molar-refractivity contribution in [2.45, 2.75) is 12.3 Å². The van der Waals surface area contributed by atoms with Crippen molar-refractivity contribution in [3.63, 3.8) is 0 Å². The molecule has 16 heavy (non-hydrogen) atoms.